The highest BCUT2D eigenvalue weighted by Crippen LogP contribution is 2.32. The van der Waals surface area contributed by atoms with Crippen LogP contribution in [0.3, 0.4) is 0 Å². The molecule has 1 aromatic carbocycles. The molecule has 11 heteroatoms. The van der Waals surface area contributed by atoms with Crippen molar-refractivity contribution >= 4 is 28.9 Å². The average molecular weight is 479 g/mol. The summed E-state index contributed by atoms with van der Waals surface area (Å²) >= 11 is 0. The van der Waals surface area contributed by atoms with Gasteiger partial charge in [-0.1, -0.05) is 13.0 Å². The summed E-state index contributed by atoms with van der Waals surface area (Å²) in [7, 11) is 0. The minimum atomic E-state index is -1.05. The summed E-state index contributed by atoms with van der Waals surface area (Å²) in [6.45, 7) is 3.33. The number of imidazole rings is 1. The van der Waals surface area contributed by atoms with Crippen LogP contribution in [-0.4, -0.2) is 49.9 Å². The van der Waals surface area contributed by atoms with Crippen LogP contribution in [0.25, 0.3) is 16.8 Å². The predicted octanol–water partition coefficient (Wildman–Crippen LogP) is 4.30. The number of nitrogens with zero attached hydrogens (tertiary/aromatic N) is 5. The standard InChI is InChI=1S/C24H23F2N7O2/c1-14-9-15(29-24(34)35)13-32(12-14)21-7-8-27-11-20(21)30-23-28-10-16-5-6-19(31-33(16)23)22-17(25)3-2-4-18(22)26/h2-8,10-11,14-15,29H,9,12-13H2,1H3,(H,28,30)(H,34,35)/t14-,15+/m0/s1. The maximum Gasteiger partial charge on any atom is 0.404 e. The maximum atomic E-state index is 14.3. The largest absolute Gasteiger partial charge is 0.465 e. The van der Waals surface area contributed by atoms with E-state index in [1.807, 2.05) is 6.07 Å². The maximum absolute atomic E-state index is 14.3. The van der Waals surface area contributed by atoms with Gasteiger partial charge in [0.25, 0.3) is 0 Å². The van der Waals surface area contributed by atoms with Crippen molar-refractivity contribution in [3.8, 4) is 11.3 Å². The highest BCUT2D eigenvalue weighted by atomic mass is 19.1. The molecule has 5 rings (SSSR count). The first kappa shape index (κ1) is 22.5. The molecule has 3 N–H and O–H groups in total. The van der Waals surface area contributed by atoms with Gasteiger partial charge in [-0.05, 0) is 42.7 Å². The average Bonchev–Trinajstić information content (AvgIpc) is 3.20. The highest BCUT2D eigenvalue weighted by Gasteiger charge is 2.27. The Kier molecular flexibility index (Phi) is 5.89. The third-order valence-electron chi connectivity index (χ3n) is 5.98. The summed E-state index contributed by atoms with van der Waals surface area (Å²) in [6.07, 6.45) is 4.62. The third kappa shape index (κ3) is 4.57. The minimum Gasteiger partial charge on any atom is -0.465 e. The number of hydrogen-bond acceptors (Lipinski definition) is 6. The molecule has 0 aliphatic carbocycles. The number of carboxylic acid groups (broad SMARTS) is 1. The Morgan fingerprint density at radius 3 is 2.69 bits per heavy atom. The zero-order valence-electron chi connectivity index (χ0n) is 18.8. The zero-order valence-corrected chi connectivity index (χ0v) is 18.8. The molecule has 0 unspecified atom stereocenters. The number of carbonyl (C=O) groups is 1. The second-order valence-electron chi connectivity index (χ2n) is 8.64. The van der Waals surface area contributed by atoms with Crippen LogP contribution < -0.4 is 15.5 Å². The summed E-state index contributed by atoms with van der Waals surface area (Å²) in [6, 6.07) is 8.55. The molecular formula is C24H23F2N7O2. The van der Waals surface area contributed by atoms with E-state index in [9.17, 15) is 13.6 Å². The van der Waals surface area contributed by atoms with Gasteiger partial charge in [-0.15, -0.1) is 0 Å². The lowest BCUT2D eigenvalue weighted by Crippen LogP contribution is -2.50. The van der Waals surface area contributed by atoms with E-state index in [0.29, 0.717) is 23.7 Å². The van der Waals surface area contributed by atoms with Gasteiger partial charge >= 0.3 is 6.09 Å². The van der Waals surface area contributed by atoms with Gasteiger partial charge in [0, 0.05) is 25.3 Å². The molecule has 0 radical (unpaired) electrons. The van der Waals surface area contributed by atoms with E-state index in [1.165, 1.54) is 22.7 Å². The number of benzene rings is 1. The number of nitrogens with one attached hydrogen (secondary N) is 2. The molecule has 4 heterocycles. The Balaban J connectivity index is 1.48. The lowest BCUT2D eigenvalue weighted by Gasteiger charge is -2.38. The highest BCUT2D eigenvalue weighted by molar-refractivity contribution is 5.74. The number of anilines is 3. The van der Waals surface area contributed by atoms with E-state index in [2.05, 4.69) is 37.5 Å². The topological polar surface area (TPSA) is 108 Å². The van der Waals surface area contributed by atoms with Crippen molar-refractivity contribution in [2.24, 2.45) is 5.92 Å². The molecule has 3 aromatic heterocycles. The Bertz CT molecular complexity index is 1370. The zero-order chi connectivity index (χ0) is 24.5. The molecule has 4 aromatic rings. The molecule has 0 saturated carbocycles. The quantitative estimate of drug-likeness (QED) is 0.392. The van der Waals surface area contributed by atoms with Crippen LogP contribution in [0.2, 0.25) is 0 Å². The number of halogens is 2. The van der Waals surface area contributed by atoms with Gasteiger partial charge in [-0.25, -0.2) is 18.6 Å². The number of hydrogen-bond donors (Lipinski definition) is 3. The number of aromatic nitrogens is 4. The molecule has 1 aliphatic rings. The predicted molar refractivity (Wildman–Crippen MR) is 127 cm³/mol. The lowest BCUT2D eigenvalue weighted by molar-refractivity contribution is 0.186. The van der Waals surface area contributed by atoms with Crippen LogP contribution in [0.1, 0.15) is 13.3 Å². The van der Waals surface area contributed by atoms with Gasteiger partial charge in [-0.2, -0.15) is 9.61 Å². The molecule has 180 valence electrons. The number of piperidine rings is 1. The molecule has 1 aliphatic heterocycles. The van der Waals surface area contributed by atoms with E-state index in [0.717, 1.165) is 18.7 Å². The fourth-order valence-electron chi connectivity index (χ4n) is 4.55. The van der Waals surface area contributed by atoms with Gasteiger partial charge in [0.05, 0.1) is 40.5 Å². The molecule has 9 nitrogen and oxygen atoms in total. The normalized spacial score (nSPS) is 18.0. The summed E-state index contributed by atoms with van der Waals surface area (Å²) < 4.78 is 30.1. The molecule has 1 amide bonds. The molecule has 0 bridgehead atoms. The molecular weight excluding hydrogens is 456 g/mol. The van der Waals surface area contributed by atoms with Crippen LogP contribution in [0.15, 0.2) is 55.0 Å². The van der Waals surface area contributed by atoms with Gasteiger partial charge in [-0.3, -0.25) is 4.98 Å². The molecule has 0 spiro atoms. The van der Waals surface area contributed by atoms with Gasteiger partial charge in [0.2, 0.25) is 5.95 Å². The van der Waals surface area contributed by atoms with E-state index >= 15 is 0 Å². The van der Waals surface area contributed by atoms with Crippen molar-refractivity contribution in [3.05, 3.63) is 66.6 Å². The molecule has 2 atom stereocenters. The van der Waals surface area contributed by atoms with Crippen molar-refractivity contribution in [2.75, 3.05) is 23.3 Å². The number of fused-ring (bicyclic) bond motifs is 1. The number of amides is 1. The smallest absolute Gasteiger partial charge is 0.404 e. The van der Waals surface area contributed by atoms with Crippen LogP contribution >= 0.6 is 0 Å². The van der Waals surface area contributed by atoms with E-state index in [1.54, 1.807) is 30.7 Å². The van der Waals surface area contributed by atoms with Crippen LogP contribution in [0.5, 0.6) is 0 Å². The van der Waals surface area contributed by atoms with E-state index < -0.39 is 17.7 Å². The number of rotatable bonds is 5. The second kappa shape index (κ2) is 9.16. The fraction of sp³-hybridized carbons (Fsp3) is 0.250. The Morgan fingerprint density at radius 2 is 1.91 bits per heavy atom. The second-order valence-corrected chi connectivity index (χ2v) is 8.64. The summed E-state index contributed by atoms with van der Waals surface area (Å²) in [5.74, 6) is -0.790. The lowest BCUT2D eigenvalue weighted by atomic mass is 9.95. The van der Waals surface area contributed by atoms with Crippen molar-refractivity contribution in [3.63, 3.8) is 0 Å². The molecule has 35 heavy (non-hydrogen) atoms. The van der Waals surface area contributed by atoms with Crippen LogP contribution in [-0.2, 0) is 0 Å². The first-order valence-corrected chi connectivity index (χ1v) is 11.1. The van der Waals surface area contributed by atoms with Crippen molar-refractivity contribution in [1.29, 1.82) is 0 Å². The van der Waals surface area contributed by atoms with E-state index in [-0.39, 0.29) is 23.2 Å². The first-order valence-electron chi connectivity index (χ1n) is 11.1. The molecule has 1 saturated heterocycles. The SMILES string of the molecule is C[C@H]1C[C@@H](NC(=O)O)CN(c2ccncc2Nc2ncc3ccc(-c4c(F)cccc4F)nn23)C1. The van der Waals surface area contributed by atoms with Crippen molar-refractivity contribution < 1.29 is 18.7 Å². The summed E-state index contributed by atoms with van der Waals surface area (Å²) in [5.41, 5.74) is 2.03. The monoisotopic (exact) mass is 479 g/mol. The summed E-state index contributed by atoms with van der Waals surface area (Å²) in [5, 5.41) is 19.4. The summed E-state index contributed by atoms with van der Waals surface area (Å²) in [4.78, 5) is 21.9. The Hall–Kier alpha value is -4.28. The van der Waals surface area contributed by atoms with Crippen molar-refractivity contribution in [2.45, 2.75) is 19.4 Å². The van der Waals surface area contributed by atoms with Gasteiger partial charge in [0.1, 0.15) is 11.6 Å². The van der Waals surface area contributed by atoms with Crippen molar-refractivity contribution in [1.82, 2.24) is 24.9 Å². The van der Waals surface area contributed by atoms with Gasteiger partial charge in [0.15, 0.2) is 0 Å². The third-order valence-corrected chi connectivity index (χ3v) is 5.98. The van der Waals surface area contributed by atoms with Crippen LogP contribution in [0.4, 0.5) is 30.9 Å². The fourth-order valence-corrected chi connectivity index (χ4v) is 4.55. The van der Waals surface area contributed by atoms with E-state index in [4.69, 9.17) is 5.11 Å². The Labute approximate surface area is 199 Å². The van der Waals surface area contributed by atoms with Crippen LogP contribution in [0, 0.1) is 17.6 Å². The molecule has 1 fully saturated rings. The number of pyridine rings is 1. The minimum absolute atomic E-state index is 0.132. The first-order chi connectivity index (χ1) is 16.9. The van der Waals surface area contributed by atoms with Gasteiger partial charge < -0.3 is 20.6 Å². The Morgan fingerprint density at radius 1 is 1.11 bits per heavy atom.